The van der Waals surface area contributed by atoms with Crippen LogP contribution in [0.4, 0.5) is 0 Å². The summed E-state index contributed by atoms with van der Waals surface area (Å²) in [4.78, 5) is 5.49. The molecule has 186 valence electrons. The van der Waals surface area contributed by atoms with Gasteiger partial charge in [0.1, 0.15) is 0 Å². The Morgan fingerprint density at radius 2 is 1.91 bits per heavy atom. The highest BCUT2D eigenvalue weighted by Gasteiger charge is 2.49. The SMILES string of the molecule is CCn1cc(CN2CCN(C3CC4(CCNCC4)C3)C(c3ccccc3C(C)C)C2)c(OC)n1. The molecule has 3 aliphatic rings. The average molecular weight is 466 g/mol. The molecule has 1 unspecified atom stereocenters. The molecule has 3 heterocycles. The first-order valence-electron chi connectivity index (χ1n) is 13.4. The molecule has 6 heteroatoms. The summed E-state index contributed by atoms with van der Waals surface area (Å²) >= 11 is 0. The van der Waals surface area contributed by atoms with Crippen molar-refractivity contribution in [3.8, 4) is 5.88 Å². The standard InChI is InChI=1S/C28H43N5O/c1-5-32-19-22(27(30-32)34-4)18-31-14-15-33(23-16-28(17-23)10-12-29-13-11-28)26(20-31)25-9-7-6-8-24(25)21(2)3/h6-9,19,21,23,26,29H,5,10-18,20H2,1-4H3. The van der Waals surface area contributed by atoms with Crippen LogP contribution in [0.1, 0.15) is 75.1 Å². The monoisotopic (exact) mass is 465 g/mol. The van der Waals surface area contributed by atoms with Crippen molar-refractivity contribution in [2.45, 2.75) is 77.5 Å². The van der Waals surface area contributed by atoms with Crippen LogP contribution < -0.4 is 10.1 Å². The van der Waals surface area contributed by atoms with Crippen molar-refractivity contribution in [2.75, 3.05) is 39.8 Å². The van der Waals surface area contributed by atoms with Gasteiger partial charge in [0, 0.05) is 56.6 Å². The Hall–Kier alpha value is -1.89. The fourth-order valence-corrected chi connectivity index (χ4v) is 6.72. The number of aromatic nitrogens is 2. The van der Waals surface area contributed by atoms with E-state index in [4.69, 9.17) is 4.74 Å². The second kappa shape index (κ2) is 10.00. The predicted molar refractivity (Wildman–Crippen MR) is 137 cm³/mol. The van der Waals surface area contributed by atoms with Crippen LogP contribution in [-0.2, 0) is 13.1 Å². The first kappa shape index (κ1) is 23.8. The molecule has 0 bridgehead atoms. The lowest BCUT2D eigenvalue weighted by Gasteiger charge is -2.57. The average Bonchev–Trinajstić information content (AvgIpc) is 3.25. The minimum absolute atomic E-state index is 0.448. The molecule has 2 aromatic rings. The van der Waals surface area contributed by atoms with Crippen molar-refractivity contribution in [3.63, 3.8) is 0 Å². The van der Waals surface area contributed by atoms with Gasteiger partial charge in [-0.15, -0.1) is 5.10 Å². The van der Waals surface area contributed by atoms with Crippen LogP contribution in [-0.4, -0.2) is 65.5 Å². The highest BCUT2D eigenvalue weighted by Crippen LogP contribution is 2.52. The van der Waals surface area contributed by atoms with Crippen LogP contribution in [0.15, 0.2) is 30.5 Å². The second-order valence-corrected chi connectivity index (χ2v) is 11.1. The third-order valence-corrected chi connectivity index (χ3v) is 8.66. The van der Waals surface area contributed by atoms with Crippen molar-refractivity contribution < 1.29 is 4.74 Å². The van der Waals surface area contributed by atoms with Gasteiger partial charge in [0.05, 0.1) is 7.11 Å². The number of methoxy groups -OCH3 is 1. The molecule has 1 atom stereocenters. The number of piperidine rings is 1. The molecule has 0 radical (unpaired) electrons. The molecule has 1 aromatic heterocycles. The quantitative estimate of drug-likeness (QED) is 0.656. The Balaban J connectivity index is 1.38. The van der Waals surface area contributed by atoms with Crippen molar-refractivity contribution in [3.05, 3.63) is 47.2 Å². The van der Waals surface area contributed by atoms with Gasteiger partial charge in [-0.25, -0.2) is 0 Å². The lowest BCUT2D eigenvalue weighted by atomic mass is 9.60. The third kappa shape index (κ3) is 4.65. The van der Waals surface area contributed by atoms with E-state index in [0.717, 1.165) is 44.6 Å². The smallest absolute Gasteiger partial charge is 0.237 e. The van der Waals surface area contributed by atoms with Crippen molar-refractivity contribution >= 4 is 0 Å². The fraction of sp³-hybridized carbons (Fsp3) is 0.679. The summed E-state index contributed by atoms with van der Waals surface area (Å²) in [5.74, 6) is 1.31. The molecule has 6 nitrogen and oxygen atoms in total. The van der Waals surface area contributed by atoms with Crippen LogP contribution in [0, 0.1) is 5.41 Å². The van der Waals surface area contributed by atoms with Crippen LogP contribution in [0.3, 0.4) is 0 Å². The van der Waals surface area contributed by atoms with E-state index in [0.29, 0.717) is 17.4 Å². The molecule has 1 spiro atoms. The molecular weight excluding hydrogens is 422 g/mol. The topological polar surface area (TPSA) is 45.6 Å². The van der Waals surface area contributed by atoms with Gasteiger partial charge in [-0.05, 0) is 68.2 Å². The van der Waals surface area contributed by atoms with Gasteiger partial charge in [-0.2, -0.15) is 0 Å². The lowest BCUT2D eigenvalue weighted by molar-refractivity contribution is -0.0651. The summed E-state index contributed by atoms with van der Waals surface area (Å²) in [6.07, 6.45) is 7.64. The van der Waals surface area contributed by atoms with Gasteiger partial charge < -0.3 is 10.1 Å². The number of rotatable bonds is 7. The van der Waals surface area contributed by atoms with E-state index < -0.39 is 0 Å². The van der Waals surface area contributed by atoms with Crippen LogP contribution in [0.25, 0.3) is 0 Å². The normalized spacial score (nSPS) is 24.0. The van der Waals surface area contributed by atoms with Gasteiger partial charge >= 0.3 is 0 Å². The fourth-order valence-electron chi connectivity index (χ4n) is 6.72. The molecule has 5 rings (SSSR count). The van der Waals surface area contributed by atoms with E-state index in [2.05, 4.69) is 71.4 Å². The maximum atomic E-state index is 5.61. The van der Waals surface area contributed by atoms with Crippen molar-refractivity contribution in [2.24, 2.45) is 5.41 Å². The number of nitrogens with one attached hydrogen (secondary N) is 1. The number of nitrogens with zero attached hydrogens (tertiary/aromatic N) is 4. The van der Waals surface area contributed by atoms with E-state index in [1.165, 1.54) is 55.5 Å². The second-order valence-electron chi connectivity index (χ2n) is 11.1. The highest BCUT2D eigenvalue weighted by atomic mass is 16.5. The van der Waals surface area contributed by atoms with Crippen LogP contribution in [0.2, 0.25) is 0 Å². The van der Waals surface area contributed by atoms with E-state index in [1.807, 2.05) is 4.68 Å². The summed E-state index contributed by atoms with van der Waals surface area (Å²) < 4.78 is 7.60. The molecule has 1 aliphatic carbocycles. The minimum atomic E-state index is 0.448. The number of hydrogen-bond acceptors (Lipinski definition) is 5. The molecule has 0 amide bonds. The molecular formula is C28H43N5O. The molecule has 2 saturated heterocycles. The Bertz CT molecular complexity index is 955. The molecule has 2 aliphatic heterocycles. The number of aryl methyl sites for hydroxylation is 1. The maximum absolute atomic E-state index is 5.61. The Kier molecular flexibility index (Phi) is 7.01. The Labute approximate surface area is 205 Å². The summed E-state index contributed by atoms with van der Waals surface area (Å²) in [6, 6.07) is 10.4. The molecule has 34 heavy (non-hydrogen) atoms. The van der Waals surface area contributed by atoms with Gasteiger partial charge in [-0.3, -0.25) is 14.5 Å². The van der Waals surface area contributed by atoms with E-state index in [9.17, 15) is 0 Å². The summed E-state index contributed by atoms with van der Waals surface area (Å²) in [5.41, 5.74) is 4.85. The molecule has 1 N–H and O–H groups in total. The van der Waals surface area contributed by atoms with Gasteiger partial charge in [0.2, 0.25) is 5.88 Å². The van der Waals surface area contributed by atoms with Gasteiger partial charge in [0.15, 0.2) is 0 Å². The van der Waals surface area contributed by atoms with Crippen LogP contribution in [0.5, 0.6) is 5.88 Å². The third-order valence-electron chi connectivity index (χ3n) is 8.66. The molecule has 1 saturated carbocycles. The number of ether oxygens (including phenoxy) is 1. The van der Waals surface area contributed by atoms with E-state index >= 15 is 0 Å². The lowest BCUT2D eigenvalue weighted by Crippen LogP contribution is -2.59. The Morgan fingerprint density at radius 1 is 1.15 bits per heavy atom. The molecule has 1 aromatic carbocycles. The van der Waals surface area contributed by atoms with Gasteiger partial charge in [0.25, 0.3) is 0 Å². The summed E-state index contributed by atoms with van der Waals surface area (Å²) in [6.45, 7) is 14.3. The van der Waals surface area contributed by atoms with E-state index in [1.54, 1.807) is 7.11 Å². The first-order valence-corrected chi connectivity index (χ1v) is 13.4. The number of benzene rings is 1. The number of piperazine rings is 1. The first-order chi connectivity index (χ1) is 16.5. The van der Waals surface area contributed by atoms with Crippen molar-refractivity contribution in [1.29, 1.82) is 0 Å². The zero-order chi connectivity index (χ0) is 23.7. The molecule has 3 fully saturated rings. The zero-order valence-electron chi connectivity index (χ0n) is 21.6. The largest absolute Gasteiger partial charge is 0.480 e. The summed E-state index contributed by atoms with van der Waals surface area (Å²) in [7, 11) is 1.73. The van der Waals surface area contributed by atoms with Crippen LogP contribution >= 0.6 is 0 Å². The van der Waals surface area contributed by atoms with Crippen molar-refractivity contribution in [1.82, 2.24) is 24.9 Å². The zero-order valence-corrected chi connectivity index (χ0v) is 21.6. The van der Waals surface area contributed by atoms with E-state index in [-0.39, 0.29) is 0 Å². The Morgan fingerprint density at radius 3 is 2.62 bits per heavy atom. The number of hydrogen-bond donors (Lipinski definition) is 1. The maximum Gasteiger partial charge on any atom is 0.237 e. The minimum Gasteiger partial charge on any atom is -0.480 e. The predicted octanol–water partition coefficient (Wildman–Crippen LogP) is 4.43. The summed E-state index contributed by atoms with van der Waals surface area (Å²) in [5, 5.41) is 8.16. The highest BCUT2D eigenvalue weighted by molar-refractivity contribution is 5.34. The van der Waals surface area contributed by atoms with Gasteiger partial charge in [-0.1, -0.05) is 38.1 Å².